The molecule has 0 aliphatic heterocycles. The highest BCUT2D eigenvalue weighted by atomic mass is 32.1. The lowest BCUT2D eigenvalue weighted by molar-refractivity contribution is 0.395. The zero-order valence-corrected chi connectivity index (χ0v) is 13.4. The predicted molar refractivity (Wildman–Crippen MR) is 90.5 cm³/mol. The van der Waals surface area contributed by atoms with Crippen LogP contribution in [0.5, 0.6) is 11.5 Å². The van der Waals surface area contributed by atoms with Gasteiger partial charge < -0.3 is 20.1 Å². The topological polar surface area (TPSA) is 42.5 Å². The molecule has 0 aliphatic rings. The summed E-state index contributed by atoms with van der Waals surface area (Å²) >= 11 is 5.21. The van der Waals surface area contributed by atoms with Crippen molar-refractivity contribution in [3.63, 3.8) is 0 Å². The van der Waals surface area contributed by atoms with Crippen LogP contribution in [-0.2, 0) is 0 Å². The maximum Gasteiger partial charge on any atom is 0.175 e. The number of nitrogens with one attached hydrogen (secondary N) is 2. The number of anilines is 2. The van der Waals surface area contributed by atoms with Crippen LogP contribution in [0, 0.1) is 12.7 Å². The van der Waals surface area contributed by atoms with Gasteiger partial charge in [0, 0.05) is 6.07 Å². The number of hydrogen-bond acceptors (Lipinski definition) is 3. The lowest BCUT2D eigenvalue weighted by Gasteiger charge is -2.15. The van der Waals surface area contributed by atoms with Gasteiger partial charge in [-0.1, -0.05) is 6.07 Å². The first-order chi connectivity index (χ1) is 10.5. The molecule has 4 nitrogen and oxygen atoms in total. The van der Waals surface area contributed by atoms with Crippen molar-refractivity contribution in [2.45, 2.75) is 6.92 Å². The Bertz CT molecular complexity index is 692. The Morgan fingerprint density at radius 2 is 1.73 bits per heavy atom. The van der Waals surface area contributed by atoms with Crippen LogP contribution in [0.3, 0.4) is 0 Å². The molecular formula is C16H17FN2O2S. The summed E-state index contributed by atoms with van der Waals surface area (Å²) in [6, 6.07) is 10.1. The molecule has 0 amide bonds. The summed E-state index contributed by atoms with van der Waals surface area (Å²) in [5.74, 6) is 0.885. The van der Waals surface area contributed by atoms with Gasteiger partial charge in [0.15, 0.2) is 5.11 Å². The van der Waals surface area contributed by atoms with Gasteiger partial charge in [-0.25, -0.2) is 4.39 Å². The predicted octanol–water partition coefficient (Wildman–Crippen LogP) is 3.96. The van der Waals surface area contributed by atoms with Gasteiger partial charge in [0.05, 0.1) is 25.6 Å². The van der Waals surface area contributed by atoms with Gasteiger partial charge in [-0.05, 0) is 49.0 Å². The average Bonchev–Trinajstić information content (AvgIpc) is 2.51. The summed E-state index contributed by atoms with van der Waals surface area (Å²) in [4.78, 5) is 0. The lowest BCUT2D eigenvalue weighted by atomic mass is 10.2. The largest absolute Gasteiger partial charge is 0.497 e. The molecule has 0 saturated carbocycles. The highest BCUT2D eigenvalue weighted by Crippen LogP contribution is 2.29. The van der Waals surface area contributed by atoms with Crippen molar-refractivity contribution in [1.82, 2.24) is 0 Å². The minimum Gasteiger partial charge on any atom is -0.497 e. The smallest absolute Gasteiger partial charge is 0.175 e. The molecule has 2 aromatic rings. The zero-order chi connectivity index (χ0) is 16.1. The van der Waals surface area contributed by atoms with Crippen molar-refractivity contribution in [2.75, 3.05) is 24.9 Å². The van der Waals surface area contributed by atoms with E-state index in [9.17, 15) is 4.39 Å². The van der Waals surface area contributed by atoms with Crippen molar-refractivity contribution >= 4 is 28.7 Å². The molecule has 22 heavy (non-hydrogen) atoms. The van der Waals surface area contributed by atoms with E-state index in [1.807, 2.05) is 6.92 Å². The van der Waals surface area contributed by atoms with Crippen molar-refractivity contribution in [1.29, 1.82) is 0 Å². The molecule has 0 atom stereocenters. The second kappa shape index (κ2) is 7.09. The Hall–Kier alpha value is -2.34. The number of aryl methyl sites for hydroxylation is 1. The Kier molecular flexibility index (Phi) is 5.16. The second-order valence-corrected chi connectivity index (χ2v) is 5.04. The molecule has 0 saturated heterocycles. The van der Waals surface area contributed by atoms with Crippen LogP contribution in [0.2, 0.25) is 0 Å². The fourth-order valence-electron chi connectivity index (χ4n) is 1.91. The lowest BCUT2D eigenvalue weighted by Crippen LogP contribution is -2.20. The second-order valence-electron chi connectivity index (χ2n) is 4.63. The maximum atomic E-state index is 13.7. The van der Waals surface area contributed by atoms with E-state index in [0.717, 1.165) is 5.56 Å². The molecule has 2 N–H and O–H groups in total. The average molecular weight is 320 g/mol. The number of halogens is 1. The number of thiocarbonyl (C=S) groups is 1. The minimum atomic E-state index is -0.364. The summed E-state index contributed by atoms with van der Waals surface area (Å²) in [5, 5.41) is 6.09. The SMILES string of the molecule is COc1ccc(NC(=S)Nc2cc(C)ccc2F)c(OC)c1. The fraction of sp³-hybridized carbons (Fsp3) is 0.188. The van der Waals surface area contributed by atoms with Gasteiger partial charge >= 0.3 is 0 Å². The van der Waals surface area contributed by atoms with Crippen molar-refractivity contribution < 1.29 is 13.9 Å². The normalized spacial score (nSPS) is 10.0. The number of rotatable bonds is 4. The van der Waals surface area contributed by atoms with E-state index in [-0.39, 0.29) is 10.9 Å². The third kappa shape index (κ3) is 3.85. The van der Waals surface area contributed by atoms with E-state index in [2.05, 4.69) is 10.6 Å². The van der Waals surface area contributed by atoms with Crippen LogP contribution in [-0.4, -0.2) is 19.3 Å². The molecule has 0 aromatic heterocycles. The number of benzene rings is 2. The molecule has 0 aliphatic carbocycles. The summed E-state index contributed by atoms with van der Waals surface area (Å²) in [5.41, 5.74) is 1.92. The molecule has 116 valence electrons. The van der Waals surface area contributed by atoms with E-state index in [4.69, 9.17) is 21.7 Å². The van der Waals surface area contributed by atoms with E-state index in [0.29, 0.717) is 22.9 Å². The molecule has 0 spiro atoms. The molecular weight excluding hydrogens is 303 g/mol. The van der Waals surface area contributed by atoms with Crippen LogP contribution in [0.15, 0.2) is 36.4 Å². The van der Waals surface area contributed by atoms with E-state index in [1.54, 1.807) is 44.6 Å². The quantitative estimate of drug-likeness (QED) is 0.835. The first-order valence-corrected chi connectivity index (χ1v) is 7.00. The maximum absolute atomic E-state index is 13.7. The van der Waals surface area contributed by atoms with Crippen molar-refractivity contribution in [3.05, 3.63) is 47.8 Å². The zero-order valence-electron chi connectivity index (χ0n) is 12.6. The summed E-state index contributed by atoms with van der Waals surface area (Å²) in [6.45, 7) is 1.88. The summed E-state index contributed by atoms with van der Waals surface area (Å²) in [7, 11) is 3.13. The Morgan fingerprint density at radius 1 is 1.00 bits per heavy atom. The molecule has 0 heterocycles. The Morgan fingerprint density at radius 3 is 2.41 bits per heavy atom. The molecule has 2 rings (SSSR count). The monoisotopic (exact) mass is 320 g/mol. The van der Waals surface area contributed by atoms with Crippen LogP contribution in [0.1, 0.15) is 5.56 Å². The van der Waals surface area contributed by atoms with E-state index >= 15 is 0 Å². The molecule has 0 unspecified atom stereocenters. The van der Waals surface area contributed by atoms with Crippen LogP contribution < -0.4 is 20.1 Å². The molecule has 6 heteroatoms. The summed E-state index contributed by atoms with van der Waals surface area (Å²) < 4.78 is 24.1. The van der Waals surface area contributed by atoms with Gasteiger partial charge in [-0.3, -0.25) is 0 Å². The first kappa shape index (κ1) is 16.0. The van der Waals surface area contributed by atoms with Gasteiger partial charge in [-0.2, -0.15) is 0 Å². The van der Waals surface area contributed by atoms with E-state index in [1.165, 1.54) is 6.07 Å². The van der Waals surface area contributed by atoms with Crippen molar-refractivity contribution in [2.24, 2.45) is 0 Å². The standard InChI is InChI=1S/C16H17FN2O2S/c1-10-4-6-12(17)14(8-10)19-16(22)18-13-7-5-11(20-2)9-15(13)21-3/h4-9H,1-3H3,(H2,18,19,22). The Labute approximate surface area is 134 Å². The molecule has 2 aromatic carbocycles. The first-order valence-electron chi connectivity index (χ1n) is 6.59. The number of ether oxygens (including phenoxy) is 2. The molecule has 0 radical (unpaired) electrons. The molecule has 0 fully saturated rings. The Balaban J connectivity index is 2.13. The van der Waals surface area contributed by atoms with Crippen LogP contribution in [0.25, 0.3) is 0 Å². The number of hydrogen-bond donors (Lipinski definition) is 2. The van der Waals surface area contributed by atoms with Crippen LogP contribution >= 0.6 is 12.2 Å². The highest BCUT2D eigenvalue weighted by molar-refractivity contribution is 7.80. The highest BCUT2D eigenvalue weighted by Gasteiger charge is 2.09. The number of methoxy groups -OCH3 is 2. The van der Waals surface area contributed by atoms with Gasteiger partial charge in [-0.15, -0.1) is 0 Å². The van der Waals surface area contributed by atoms with Gasteiger partial charge in [0.25, 0.3) is 0 Å². The minimum absolute atomic E-state index is 0.271. The fourth-order valence-corrected chi connectivity index (χ4v) is 2.13. The van der Waals surface area contributed by atoms with E-state index < -0.39 is 0 Å². The molecule has 0 bridgehead atoms. The van der Waals surface area contributed by atoms with Crippen molar-refractivity contribution in [3.8, 4) is 11.5 Å². The third-order valence-electron chi connectivity index (χ3n) is 3.03. The summed E-state index contributed by atoms with van der Waals surface area (Å²) in [6.07, 6.45) is 0. The van der Waals surface area contributed by atoms with Gasteiger partial charge in [0.2, 0.25) is 0 Å². The van der Waals surface area contributed by atoms with Gasteiger partial charge in [0.1, 0.15) is 17.3 Å². The van der Waals surface area contributed by atoms with Crippen LogP contribution in [0.4, 0.5) is 15.8 Å². The third-order valence-corrected chi connectivity index (χ3v) is 3.23.